The Morgan fingerprint density at radius 1 is 1.00 bits per heavy atom. The van der Waals surface area contributed by atoms with Crippen LogP contribution in [0.4, 0.5) is 30.2 Å². The first kappa shape index (κ1) is 20.9. The first-order chi connectivity index (χ1) is 14.2. The Kier molecular flexibility index (Phi) is 5.78. The third-order valence-electron chi connectivity index (χ3n) is 4.64. The third-order valence-corrected chi connectivity index (χ3v) is 4.64. The Balaban J connectivity index is 1.95. The third kappa shape index (κ3) is 4.60. The van der Waals surface area contributed by atoms with Crippen molar-refractivity contribution in [1.29, 1.82) is 5.26 Å². The van der Waals surface area contributed by atoms with E-state index in [2.05, 4.69) is 10.6 Å². The molecular formula is C21H16F3N3O3. The average molecular weight is 415 g/mol. The van der Waals surface area contributed by atoms with Gasteiger partial charge in [0.25, 0.3) is 5.91 Å². The summed E-state index contributed by atoms with van der Waals surface area (Å²) in [5.74, 6) is -1.95. The minimum atomic E-state index is -4.62. The van der Waals surface area contributed by atoms with Crippen LogP contribution in [-0.4, -0.2) is 17.0 Å². The second-order valence-electron chi connectivity index (χ2n) is 6.64. The van der Waals surface area contributed by atoms with Crippen molar-refractivity contribution in [3.05, 3.63) is 64.7 Å². The maximum absolute atomic E-state index is 13.2. The quantitative estimate of drug-likeness (QED) is 0.650. The molecule has 0 aliphatic heterocycles. The number of rotatable bonds is 5. The number of aliphatic carboxylic acids is 1. The van der Waals surface area contributed by atoms with Crippen LogP contribution in [-0.2, 0) is 15.8 Å². The molecule has 1 aliphatic carbocycles. The van der Waals surface area contributed by atoms with Gasteiger partial charge < -0.3 is 15.7 Å². The number of amides is 1. The number of carbonyl (C=O) groups is 2. The summed E-state index contributed by atoms with van der Waals surface area (Å²) >= 11 is 0. The Hall–Kier alpha value is -3.80. The fourth-order valence-electron chi connectivity index (χ4n) is 3.14. The lowest BCUT2D eigenvalue weighted by molar-refractivity contribution is -0.137. The highest BCUT2D eigenvalue weighted by Gasteiger charge is 2.32. The minimum Gasteiger partial charge on any atom is -0.478 e. The predicted molar refractivity (Wildman–Crippen MR) is 103 cm³/mol. The van der Waals surface area contributed by atoms with Crippen LogP contribution < -0.4 is 10.6 Å². The summed E-state index contributed by atoms with van der Waals surface area (Å²) in [5.41, 5.74) is 0.0404. The molecule has 3 N–H and O–H groups in total. The Bertz CT molecular complexity index is 1070. The molecule has 0 heterocycles. The molecular weight excluding hydrogens is 399 g/mol. The van der Waals surface area contributed by atoms with Gasteiger partial charge in [-0.25, -0.2) is 4.79 Å². The van der Waals surface area contributed by atoms with Crippen LogP contribution in [0.15, 0.2) is 53.6 Å². The Morgan fingerprint density at radius 2 is 1.67 bits per heavy atom. The van der Waals surface area contributed by atoms with Gasteiger partial charge in [0, 0.05) is 16.8 Å². The van der Waals surface area contributed by atoms with Gasteiger partial charge in [-0.3, -0.25) is 4.79 Å². The van der Waals surface area contributed by atoms with E-state index >= 15 is 0 Å². The van der Waals surface area contributed by atoms with Gasteiger partial charge in [0.15, 0.2) is 0 Å². The van der Waals surface area contributed by atoms with Crippen LogP contribution in [0, 0.1) is 11.3 Å². The van der Waals surface area contributed by atoms with E-state index in [1.807, 2.05) is 6.07 Å². The summed E-state index contributed by atoms with van der Waals surface area (Å²) in [6, 6.07) is 11.0. The van der Waals surface area contributed by atoms with E-state index in [0.29, 0.717) is 17.7 Å². The van der Waals surface area contributed by atoms with E-state index in [4.69, 9.17) is 5.26 Å². The molecule has 3 rings (SSSR count). The van der Waals surface area contributed by atoms with Crippen LogP contribution in [0.3, 0.4) is 0 Å². The van der Waals surface area contributed by atoms with Crippen LogP contribution in [0.1, 0.15) is 30.4 Å². The molecule has 0 fully saturated rings. The van der Waals surface area contributed by atoms with Gasteiger partial charge in [0.05, 0.1) is 28.6 Å². The maximum Gasteiger partial charge on any atom is 0.416 e. The van der Waals surface area contributed by atoms with Crippen molar-refractivity contribution in [1.82, 2.24) is 0 Å². The van der Waals surface area contributed by atoms with Crippen LogP contribution in [0.2, 0.25) is 0 Å². The molecule has 0 radical (unpaired) electrons. The largest absolute Gasteiger partial charge is 0.478 e. The number of alkyl halides is 3. The van der Waals surface area contributed by atoms with Crippen molar-refractivity contribution in [3.63, 3.8) is 0 Å². The van der Waals surface area contributed by atoms with Gasteiger partial charge in [-0.1, -0.05) is 0 Å². The second-order valence-corrected chi connectivity index (χ2v) is 6.64. The predicted octanol–water partition coefficient (Wildman–Crippen LogP) is 4.82. The smallest absolute Gasteiger partial charge is 0.416 e. The molecule has 0 spiro atoms. The number of nitrogens with zero attached hydrogens (tertiary/aromatic N) is 1. The van der Waals surface area contributed by atoms with Crippen LogP contribution >= 0.6 is 0 Å². The lowest BCUT2D eigenvalue weighted by Crippen LogP contribution is -2.18. The normalized spacial score (nSPS) is 13.7. The van der Waals surface area contributed by atoms with Gasteiger partial charge in [-0.05, 0) is 61.7 Å². The number of hydrogen-bond acceptors (Lipinski definition) is 4. The van der Waals surface area contributed by atoms with Crippen molar-refractivity contribution in [2.45, 2.75) is 25.4 Å². The van der Waals surface area contributed by atoms with Crippen LogP contribution in [0.25, 0.3) is 0 Å². The number of nitriles is 1. The monoisotopic (exact) mass is 415 g/mol. The molecule has 1 aliphatic rings. The van der Waals surface area contributed by atoms with Crippen molar-refractivity contribution in [2.24, 2.45) is 0 Å². The number of benzene rings is 2. The molecule has 154 valence electrons. The van der Waals surface area contributed by atoms with Crippen molar-refractivity contribution < 1.29 is 27.9 Å². The van der Waals surface area contributed by atoms with E-state index in [0.717, 1.165) is 12.1 Å². The Morgan fingerprint density at radius 3 is 2.27 bits per heavy atom. The fraction of sp³-hybridized carbons (Fsp3) is 0.190. The molecule has 1 amide bonds. The summed E-state index contributed by atoms with van der Waals surface area (Å²) in [6.45, 7) is 0. The molecule has 0 bridgehead atoms. The molecule has 2 aromatic carbocycles. The fourth-order valence-corrected chi connectivity index (χ4v) is 3.14. The second kappa shape index (κ2) is 8.29. The Labute approximate surface area is 169 Å². The van der Waals surface area contributed by atoms with Gasteiger partial charge in [0.1, 0.15) is 0 Å². The van der Waals surface area contributed by atoms with E-state index in [-0.39, 0.29) is 35.4 Å². The summed E-state index contributed by atoms with van der Waals surface area (Å²) in [7, 11) is 0. The summed E-state index contributed by atoms with van der Waals surface area (Å²) in [5, 5.41) is 23.4. The highest BCUT2D eigenvalue weighted by Crippen LogP contribution is 2.36. The summed E-state index contributed by atoms with van der Waals surface area (Å²) < 4.78 is 39.5. The molecule has 0 unspecified atom stereocenters. The number of carbonyl (C=O) groups excluding carboxylic acids is 1. The highest BCUT2D eigenvalue weighted by atomic mass is 19.4. The molecule has 0 saturated heterocycles. The summed E-state index contributed by atoms with van der Waals surface area (Å²) in [6.07, 6.45) is -3.66. The molecule has 30 heavy (non-hydrogen) atoms. The van der Waals surface area contributed by atoms with E-state index in [9.17, 15) is 27.9 Å². The lowest BCUT2D eigenvalue weighted by atomic mass is 10.1. The maximum atomic E-state index is 13.2. The molecule has 6 nitrogen and oxygen atoms in total. The average Bonchev–Trinajstić information content (AvgIpc) is 3.19. The molecule has 0 saturated carbocycles. The van der Waals surface area contributed by atoms with Crippen molar-refractivity contribution in [3.8, 4) is 6.07 Å². The van der Waals surface area contributed by atoms with Gasteiger partial charge in [0.2, 0.25) is 0 Å². The molecule has 0 aromatic heterocycles. The zero-order valence-corrected chi connectivity index (χ0v) is 15.5. The van der Waals surface area contributed by atoms with Gasteiger partial charge >= 0.3 is 12.1 Å². The number of carboxylic acids is 1. The van der Waals surface area contributed by atoms with E-state index in [1.165, 1.54) is 18.2 Å². The molecule has 0 atom stereocenters. The molecule has 9 heteroatoms. The standard InChI is InChI=1S/C21H16F3N3O3/c22-21(23,24)13-6-9-17(26-14-7-4-12(11-25)5-8-14)18(10-13)27-19(28)15-2-1-3-16(15)20(29)30/h4-10,26H,1-3H2,(H,27,28)(H,29,30). The number of carboxylic acid groups (broad SMARTS) is 1. The first-order valence-electron chi connectivity index (χ1n) is 8.94. The highest BCUT2D eigenvalue weighted by molar-refractivity contribution is 6.10. The summed E-state index contributed by atoms with van der Waals surface area (Å²) in [4.78, 5) is 23.9. The zero-order valence-electron chi connectivity index (χ0n) is 15.5. The first-order valence-corrected chi connectivity index (χ1v) is 8.94. The minimum absolute atomic E-state index is 0.0268. The number of anilines is 3. The van der Waals surface area contributed by atoms with Crippen molar-refractivity contribution >= 4 is 28.9 Å². The lowest BCUT2D eigenvalue weighted by Gasteiger charge is -2.16. The zero-order chi connectivity index (χ0) is 21.9. The van der Waals surface area contributed by atoms with Gasteiger partial charge in [-0.15, -0.1) is 0 Å². The van der Waals surface area contributed by atoms with Crippen molar-refractivity contribution in [2.75, 3.05) is 10.6 Å². The number of halogens is 3. The van der Waals surface area contributed by atoms with E-state index in [1.54, 1.807) is 12.1 Å². The molecule has 2 aromatic rings. The topological polar surface area (TPSA) is 102 Å². The van der Waals surface area contributed by atoms with Crippen LogP contribution in [0.5, 0.6) is 0 Å². The SMILES string of the molecule is N#Cc1ccc(Nc2ccc(C(F)(F)F)cc2NC(=O)C2=C(C(=O)O)CCC2)cc1. The number of nitrogens with one attached hydrogen (secondary N) is 2. The van der Waals surface area contributed by atoms with Gasteiger partial charge in [-0.2, -0.15) is 18.4 Å². The number of hydrogen-bond donors (Lipinski definition) is 3. The van der Waals surface area contributed by atoms with E-state index < -0.39 is 23.6 Å².